The molecule has 0 atom stereocenters. The van der Waals surface area contributed by atoms with Gasteiger partial charge in [0, 0.05) is 11.7 Å². The number of hydrogen-bond donors (Lipinski definition) is 2. The highest BCUT2D eigenvalue weighted by atomic mass is 32.2. The van der Waals surface area contributed by atoms with Gasteiger partial charge in [-0.2, -0.15) is 0 Å². The van der Waals surface area contributed by atoms with E-state index in [0.29, 0.717) is 5.69 Å². The van der Waals surface area contributed by atoms with Crippen molar-refractivity contribution in [3.8, 4) is 0 Å². The summed E-state index contributed by atoms with van der Waals surface area (Å²) < 4.78 is 26.7. The molecule has 0 aromatic heterocycles. The lowest BCUT2D eigenvalue weighted by Gasteiger charge is -2.12. The van der Waals surface area contributed by atoms with Gasteiger partial charge in [-0.15, -0.1) is 4.91 Å². The molecule has 0 fully saturated rings. The fraction of sp³-hybridized carbons (Fsp3) is 0.200. The van der Waals surface area contributed by atoms with Crippen molar-refractivity contribution in [3.05, 3.63) is 53.4 Å². The highest BCUT2D eigenvalue weighted by molar-refractivity contribution is 7.89. The third kappa shape index (κ3) is 3.90. The zero-order valence-electron chi connectivity index (χ0n) is 12.3. The van der Waals surface area contributed by atoms with Gasteiger partial charge in [-0.25, -0.2) is 13.1 Å². The molecular formula is C15H17N3O3S. The van der Waals surface area contributed by atoms with Gasteiger partial charge < -0.3 is 5.32 Å². The molecule has 0 heterocycles. The molecule has 0 bridgehead atoms. The van der Waals surface area contributed by atoms with Gasteiger partial charge in [0.15, 0.2) is 0 Å². The standard InChI is InChI=1S/C15H17N3O3S/c1-11(2)18-22(20,21)13-8-9-14(15(10-13)17-19)16-12-6-4-3-5-7-12/h3-11,16,18H,1-2H3. The van der Waals surface area contributed by atoms with Crippen LogP contribution in [-0.2, 0) is 10.0 Å². The molecule has 0 unspecified atom stereocenters. The predicted molar refractivity (Wildman–Crippen MR) is 87.1 cm³/mol. The number of nitrogens with one attached hydrogen (secondary N) is 2. The van der Waals surface area contributed by atoms with Gasteiger partial charge in [0.1, 0.15) is 5.69 Å². The fourth-order valence-corrected chi connectivity index (χ4v) is 3.19. The van der Waals surface area contributed by atoms with Crippen LogP contribution in [0.5, 0.6) is 0 Å². The van der Waals surface area contributed by atoms with Crippen LogP contribution in [0.2, 0.25) is 0 Å². The minimum absolute atomic E-state index is 0.00871. The maximum absolute atomic E-state index is 12.1. The van der Waals surface area contributed by atoms with Crippen molar-refractivity contribution in [1.29, 1.82) is 0 Å². The van der Waals surface area contributed by atoms with Crippen molar-refractivity contribution in [1.82, 2.24) is 4.72 Å². The molecule has 0 saturated heterocycles. The van der Waals surface area contributed by atoms with Gasteiger partial charge in [-0.1, -0.05) is 18.2 Å². The van der Waals surface area contributed by atoms with Crippen molar-refractivity contribution in [2.24, 2.45) is 5.18 Å². The number of nitroso groups, excluding NO2 is 1. The van der Waals surface area contributed by atoms with E-state index < -0.39 is 10.0 Å². The fourth-order valence-electron chi connectivity index (χ4n) is 1.92. The van der Waals surface area contributed by atoms with Gasteiger partial charge in [-0.3, -0.25) is 0 Å². The lowest BCUT2D eigenvalue weighted by molar-refractivity contribution is 0.570. The maximum atomic E-state index is 12.1. The van der Waals surface area contributed by atoms with Crippen LogP contribution in [0.3, 0.4) is 0 Å². The third-order valence-electron chi connectivity index (χ3n) is 2.82. The number of anilines is 2. The smallest absolute Gasteiger partial charge is 0.240 e. The van der Waals surface area contributed by atoms with Crippen molar-refractivity contribution >= 4 is 27.1 Å². The van der Waals surface area contributed by atoms with E-state index in [4.69, 9.17) is 0 Å². The highest BCUT2D eigenvalue weighted by Gasteiger charge is 2.17. The average Bonchev–Trinajstić information content (AvgIpc) is 2.47. The summed E-state index contributed by atoms with van der Waals surface area (Å²) in [5, 5.41) is 5.95. The van der Waals surface area contributed by atoms with E-state index in [-0.39, 0.29) is 16.6 Å². The van der Waals surface area contributed by atoms with Crippen LogP contribution < -0.4 is 10.0 Å². The number of benzene rings is 2. The topological polar surface area (TPSA) is 87.6 Å². The van der Waals surface area contributed by atoms with Crippen LogP contribution in [-0.4, -0.2) is 14.5 Å². The Morgan fingerprint density at radius 2 is 1.73 bits per heavy atom. The summed E-state index contributed by atoms with van der Waals surface area (Å²) in [4.78, 5) is 11.0. The van der Waals surface area contributed by atoms with Gasteiger partial charge >= 0.3 is 0 Å². The van der Waals surface area contributed by atoms with Crippen LogP contribution in [0.15, 0.2) is 58.6 Å². The Kier molecular flexibility index (Phi) is 4.89. The van der Waals surface area contributed by atoms with Crippen molar-refractivity contribution in [3.63, 3.8) is 0 Å². The third-order valence-corrected chi connectivity index (χ3v) is 4.48. The molecule has 22 heavy (non-hydrogen) atoms. The molecule has 2 aromatic rings. The van der Waals surface area contributed by atoms with Crippen molar-refractivity contribution < 1.29 is 8.42 Å². The average molecular weight is 319 g/mol. The first-order valence-electron chi connectivity index (χ1n) is 6.74. The zero-order chi connectivity index (χ0) is 16.2. The molecule has 2 N–H and O–H groups in total. The Morgan fingerprint density at radius 3 is 2.32 bits per heavy atom. The lowest BCUT2D eigenvalue weighted by Crippen LogP contribution is -2.30. The molecule has 2 aromatic carbocycles. The van der Waals surface area contributed by atoms with Crippen LogP contribution in [0, 0.1) is 4.91 Å². The van der Waals surface area contributed by atoms with E-state index in [1.54, 1.807) is 13.8 Å². The van der Waals surface area contributed by atoms with Crippen LogP contribution in [0.1, 0.15) is 13.8 Å². The maximum Gasteiger partial charge on any atom is 0.240 e. The summed E-state index contributed by atoms with van der Waals surface area (Å²) in [6.07, 6.45) is 0. The van der Waals surface area contributed by atoms with Crippen molar-refractivity contribution in [2.45, 2.75) is 24.8 Å². The molecular weight excluding hydrogens is 302 g/mol. The van der Waals surface area contributed by atoms with E-state index >= 15 is 0 Å². The molecule has 0 aliphatic carbocycles. The number of rotatable bonds is 6. The minimum Gasteiger partial charge on any atom is -0.354 e. The molecule has 2 rings (SSSR count). The normalized spacial score (nSPS) is 11.4. The Balaban J connectivity index is 2.34. The first kappa shape index (κ1) is 16.1. The van der Waals surface area contributed by atoms with Crippen LogP contribution >= 0.6 is 0 Å². The molecule has 6 nitrogen and oxygen atoms in total. The number of para-hydroxylation sites is 1. The quantitative estimate of drug-likeness (QED) is 0.797. The van der Waals surface area contributed by atoms with Gasteiger partial charge in [-0.05, 0) is 49.4 Å². The van der Waals surface area contributed by atoms with E-state index in [9.17, 15) is 13.3 Å². The Labute approximate surface area is 129 Å². The molecule has 0 saturated carbocycles. The Hall–Kier alpha value is -2.25. The summed E-state index contributed by atoms with van der Waals surface area (Å²) in [6.45, 7) is 3.45. The molecule has 0 radical (unpaired) electrons. The predicted octanol–water partition coefficient (Wildman–Crippen LogP) is 3.51. The van der Waals surface area contributed by atoms with E-state index in [0.717, 1.165) is 5.69 Å². The van der Waals surface area contributed by atoms with Gasteiger partial charge in [0.25, 0.3) is 0 Å². The number of nitrogens with zero attached hydrogens (tertiary/aromatic N) is 1. The van der Waals surface area contributed by atoms with Gasteiger partial charge in [0.2, 0.25) is 10.0 Å². The minimum atomic E-state index is -3.66. The first-order chi connectivity index (χ1) is 10.4. The summed E-state index contributed by atoms with van der Waals surface area (Å²) in [5.74, 6) is 0. The van der Waals surface area contributed by atoms with E-state index in [1.165, 1.54) is 18.2 Å². The second-order valence-electron chi connectivity index (χ2n) is 5.04. The van der Waals surface area contributed by atoms with E-state index in [2.05, 4.69) is 15.2 Å². The summed E-state index contributed by atoms with van der Waals surface area (Å²) in [7, 11) is -3.66. The van der Waals surface area contributed by atoms with E-state index in [1.807, 2.05) is 30.3 Å². The van der Waals surface area contributed by atoms with Crippen molar-refractivity contribution in [2.75, 3.05) is 5.32 Å². The largest absolute Gasteiger partial charge is 0.354 e. The molecule has 0 amide bonds. The Bertz CT molecular complexity index is 759. The zero-order valence-corrected chi connectivity index (χ0v) is 13.1. The monoisotopic (exact) mass is 319 g/mol. The first-order valence-corrected chi connectivity index (χ1v) is 8.22. The SMILES string of the molecule is CC(C)NS(=O)(=O)c1ccc(Nc2ccccc2)c(N=O)c1. The molecule has 116 valence electrons. The van der Waals surface area contributed by atoms with Crippen LogP contribution in [0.4, 0.5) is 17.1 Å². The summed E-state index contributed by atoms with van der Waals surface area (Å²) >= 11 is 0. The van der Waals surface area contributed by atoms with Crippen LogP contribution in [0.25, 0.3) is 0 Å². The summed E-state index contributed by atoms with van der Waals surface area (Å²) in [5.41, 5.74) is 1.27. The highest BCUT2D eigenvalue weighted by Crippen LogP contribution is 2.30. The second-order valence-corrected chi connectivity index (χ2v) is 6.75. The number of sulfonamides is 1. The lowest BCUT2D eigenvalue weighted by atomic mass is 10.2. The van der Waals surface area contributed by atoms with Gasteiger partial charge in [0.05, 0.1) is 10.6 Å². The number of hydrogen-bond acceptors (Lipinski definition) is 5. The second kappa shape index (κ2) is 6.67. The summed E-state index contributed by atoms with van der Waals surface area (Å²) in [6, 6.07) is 13.2. The Morgan fingerprint density at radius 1 is 1.05 bits per heavy atom. The molecule has 0 aliphatic rings. The molecule has 7 heteroatoms. The molecule has 0 aliphatic heterocycles. The molecule has 0 spiro atoms.